The molecule has 1 heterocycles. The van der Waals surface area contributed by atoms with Crippen molar-refractivity contribution in [3.8, 4) is 0 Å². The molecule has 0 saturated heterocycles. The summed E-state index contributed by atoms with van der Waals surface area (Å²) >= 11 is 1.43. The van der Waals surface area contributed by atoms with Gasteiger partial charge in [-0.05, 0) is 12.1 Å². The van der Waals surface area contributed by atoms with Crippen LogP contribution in [0.3, 0.4) is 0 Å². The summed E-state index contributed by atoms with van der Waals surface area (Å²) in [5.41, 5.74) is 0.814. The van der Waals surface area contributed by atoms with E-state index in [-0.39, 0.29) is 0 Å². The van der Waals surface area contributed by atoms with E-state index in [4.69, 9.17) is 0 Å². The van der Waals surface area contributed by atoms with E-state index in [2.05, 4.69) is 15.5 Å². The summed E-state index contributed by atoms with van der Waals surface area (Å²) in [7, 11) is 1.74. The summed E-state index contributed by atoms with van der Waals surface area (Å²) in [4.78, 5) is 0. The number of nitrogens with zero attached hydrogens (tertiary/aromatic N) is 2. The van der Waals surface area contributed by atoms with E-state index >= 15 is 0 Å². The van der Waals surface area contributed by atoms with E-state index in [1.54, 1.807) is 7.05 Å². The molecule has 16 heavy (non-hydrogen) atoms. The van der Waals surface area contributed by atoms with Crippen LogP contribution in [0, 0.1) is 11.6 Å². The lowest BCUT2D eigenvalue weighted by Gasteiger charge is -2.11. The second kappa shape index (κ2) is 4.61. The van der Waals surface area contributed by atoms with Crippen molar-refractivity contribution in [3.63, 3.8) is 0 Å². The second-order valence-electron chi connectivity index (χ2n) is 3.11. The van der Waals surface area contributed by atoms with Crippen molar-refractivity contribution in [2.24, 2.45) is 10.2 Å². The zero-order chi connectivity index (χ0) is 11.5. The Morgan fingerprint density at radius 2 is 2.12 bits per heavy atom. The van der Waals surface area contributed by atoms with Crippen LogP contribution in [0.2, 0.25) is 0 Å². The van der Waals surface area contributed by atoms with E-state index in [9.17, 15) is 8.78 Å². The molecular weight excluding hydrogens is 232 g/mol. The van der Waals surface area contributed by atoms with Gasteiger partial charge in [0.2, 0.25) is 0 Å². The molecule has 1 aliphatic rings. The van der Waals surface area contributed by atoms with Gasteiger partial charge in [0.1, 0.15) is 11.6 Å². The molecule has 0 aromatic heterocycles. The van der Waals surface area contributed by atoms with E-state index in [1.807, 2.05) is 0 Å². The lowest BCUT2D eigenvalue weighted by Crippen LogP contribution is -2.20. The van der Waals surface area contributed by atoms with Crippen LogP contribution in [0.15, 0.2) is 28.4 Å². The van der Waals surface area contributed by atoms with Crippen LogP contribution in [-0.2, 0) is 0 Å². The van der Waals surface area contributed by atoms with Gasteiger partial charge in [0.25, 0.3) is 0 Å². The molecule has 0 aliphatic carbocycles. The fraction of sp³-hybridized carbons (Fsp3) is 0.200. The molecule has 0 fully saturated rings. The first kappa shape index (κ1) is 11.1. The van der Waals surface area contributed by atoms with Gasteiger partial charge in [-0.1, -0.05) is 11.8 Å². The third kappa shape index (κ3) is 2.21. The van der Waals surface area contributed by atoms with Gasteiger partial charge in [-0.2, -0.15) is 5.10 Å². The van der Waals surface area contributed by atoms with Crippen molar-refractivity contribution >= 4 is 22.6 Å². The van der Waals surface area contributed by atoms with Crippen LogP contribution in [-0.4, -0.2) is 23.7 Å². The van der Waals surface area contributed by atoms with Gasteiger partial charge in [0, 0.05) is 24.4 Å². The summed E-state index contributed by atoms with van der Waals surface area (Å²) in [6, 6.07) is 3.44. The summed E-state index contributed by atoms with van der Waals surface area (Å²) < 4.78 is 26.1. The highest BCUT2D eigenvalue weighted by Gasteiger charge is 2.15. The largest absolute Gasteiger partial charge is 0.366 e. The molecular formula is C10H9F2N3S. The van der Waals surface area contributed by atoms with Crippen molar-refractivity contribution in [3.05, 3.63) is 35.4 Å². The Morgan fingerprint density at radius 1 is 1.31 bits per heavy atom. The molecule has 0 radical (unpaired) electrons. The Kier molecular flexibility index (Phi) is 3.19. The number of thioether (sulfide) groups is 1. The van der Waals surface area contributed by atoms with Crippen molar-refractivity contribution in [1.29, 1.82) is 0 Å². The van der Waals surface area contributed by atoms with Gasteiger partial charge in [0.05, 0.1) is 5.71 Å². The normalized spacial score (nSPS) is 15.4. The van der Waals surface area contributed by atoms with Gasteiger partial charge in [-0.3, -0.25) is 0 Å². The standard InChI is InChI=1S/C10H9F2N3S/c1-13-10-15-14-9(5-16-10)7-3-2-6(11)4-8(7)12/h2-4H,5H2,1H3,(H,13,15). The maximum absolute atomic E-state index is 13.4. The summed E-state index contributed by atoms with van der Waals surface area (Å²) in [6.07, 6.45) is 0. The van der Waals surface area contributed by atoms with Crippen LogP contribution < -0.4 is 5.32 Å². The quantitative estimate of drug-likeness (QED) is 0.816. The highest BCUT2D eigenvalue weighted by molar-refractivity contribution is 8.14. The molecule has 0 amide bonds. The van der Waals surface area contributed by atoms with E-state index < -0.39 is 11.6 Å². The van der Waals surface area contributed by atoms with Crippen molar-refractivity contribution < 1.29 is 8.78 Å². The average molecular weight is 241 g/mol. The first-order chi connectivity index (χ1) is 7.70. The highest BCUT2D eigenvalue weighted by Crippen LogP contribution is 2.17. The third-order valence-electron chi connectivity index (χ3n) is 2.06. The number of halogens is 2. The Labute approximate surface area is 95.7 Å². The minimum atomic E-state index is -0.609. The lowest BCUT2D eigenvalue weighted by molar-refractivity contribution is 0.581. The van der Waals surface area contributed by atoms with Gasteiger partial charge in [-0.25, -0.2) is 8.78 Å². The number of amidine groups is 1. The molecule has 1 aromatic carbocycles. The molecule has 0 saturated carbocycles. The summed E-state index contributed by atoms with van der Waals surface area (Å²) in [6.45, 7) is 0. The van der Waals surface area contributed by atoms with Gasteiger partial charge in [0.15, 0.2) is 5.17 Å². The predicted octanol–water partition coefficient (Wildman–Crippen LogP) is 1.99. The number of hydrogen-bond acceptors (Lipinski definition) is 4. The fourth-order valence-corrected chi connectivity index (χ4v) is 2.01. The van der Waals surface area contributed by atoms with Crippen molar-refractivity contribution in [1.82, 2.24) is 5.32 Å². The molecule has 2 rings (SSSR count). The molecule has 3 nitrogen and oxygen atoms in total. The first-order valence-corrected chi connectivity index (χ1v) is 5.60. The van der Waals surface area contributed by atoms with Crippen LogP contribution in [0.4, 0.5) is 8.78 Å². The average Bonchev–Trinajstić information content (AvgIpc) is 2.29. The molecule has 0 atom stereocenters. The Morgan fingerprint density at radius 3 is 2.69 bits per heavy atom. The highest BCUT2D eigenvalue weighted by atomic mass is 32.2. The number of benzene rings is 1. The van der Waals surface area contributed by atoms with E-state index in [1.165, 1.54) is 23.9 Å². The molecule has 0 bridgehead atoms. The zero-order valence-electron chi connectivity index (χ0n) is 8.50. The van der Waals surface area contributed by atoms with Crippen LogP contribution in [0.1, 0.15) is 5.56 Å². The minimum Gasteiger partial charge on any atom is -0.366 e. The van der Waals surface area contributed by atoms with E-state index in [0.717, 1.165) is 6.07 Å². The molecule has 1 N–H and O–H groups in total. The summed E-state index contributed by atoms with van der Waals surface area (Å²) in [5.74, 6) is -0.686. The Balaban J connectivity index is 2.32. The Bertz CT molecular complexity index is 471. The maximum atomic E-state index is 13.4. The number of rotatable bonds is 1. The van der Waals surface area contributed by atoms with Gasteiger partial charge in [-0.15, -0.1) is 5.10 Å². The molecule has 1 aromatic rings. The van der Waals surface area contributed by atoms with Crippen LogP contribution >= 0.6 is 11.8 Å². The topological polar surface area (TPSA) is 36.8 Å². The molecule has 6 heteroatoms. The number of nitrogens with one attached hydrogen (secondary N) is 1. The fourth-order valence-electron chi connectivity index (χ4n) is 1.28. The van der Waals surface area contributed by atoms with Crippen LogP contribution in [0.25, 0.3) is 0 Å². The zero-order valence-corrected chi connectivity index (χ0v) is 9.31. The van der Waals surface area contributed by atoms with Gasteiger partial charge < -0.3 is 5.32 Å². The Hall–Kier alpha value is -1.43. The lowest BCUT2D eigenvalue weighted by atomic mass is 10.1. The monoisotopic (exact) mass is 241 g/mol. The molecule has 0 spiro atoms. The SMILES string of the molecule is CNC1=NN=C(c2ccc(F)cc2F)CS1. The van der Waals surface area contributed by atoms with Crippen LogP contribution in [0.5, 0.6) is 0 Å². The minimum absolute atomic E-state index is 0.299. The molecule has 0 unspecified atom stereocenters. The maximum Gasteiger partial charge on any atom is 0.183 e. The molecule has 84 valence electrons. The third-order valence-corrected chi connectivity index (χ3v) is 3.04. The first-order valence-electron chi connectivity index (χ1n) is 4.61. The van der Waals surface area contributed by atoms with Crippen molar-refractivity contribution in [2.75, 3.05) is 12.8 Å². The smallest absolute Gasteiger partial charge is 0.183 e. The predicted molar refractivity (Wildman–Crippen MR) is 61.8 cm³/mol. The molecule has 1 aliphatic heterocycles. The number of hydrogen-bond donors (Lipinski definition) is 1. The second-order valence-corrected chi connectivity index (χ2v) is 4.08. The van der Waals surface area contributed by atoms with E-state index in [0.29, 0.717) is 22.2 Å². The van der Waals surface area contributed by atoms with Crippen molar-refractivity contribution in [2.45, 2.75) is 0 Å². The summed E-state index contributed by atoms with van der Waals surface area (Å²) in [5, 5.41) is 11.3. The van der Waals surface area contributed by atoms with Gasteiger partial charge >= 0.3 is 0 Å².